The summed E-state index contributed by atoms with van der Waals surface area (Å²) < 4.78 is 26.3. The van der Waals surface area contributed by atoms with E-state index in [9.17, 15) is 9.18 Å². The van der Waals surface area contributed by atoms with Crippen molar-refractivity contribution in [2.45, 2.75) is 13.5 Å². The highest BCUT2D eigenvalue weighted by Gasteiger charge is 2.17. The monoisotopic (exact) mass is 367 g/mol. The number of rotatable bonds is 4. The molecule has 0 aliphatic carbocycles. The maximum atomic E-state index is 14.2. The van der Waals surface area contributed by atoms with Gasteiger partial charge in [-0.15, -0.1) is 0 Å². The molecule has 1 aromatic heterocycles. The number of nitrogens with one attached hydrogen (secondary N) is 1. The fourth-order valence-electron chi connectivity index (χ4n) is 2.99. The minimum Gasteiger partial charge on any atom is -0.454 e. The number of hydrogen-bond donors (Lipinski definition) is 1. The van der Waals surface area contributed by atoms with Crippen molar-refractivity contribution in [2.24, 2.45) is 7.05 Å². The minimum absolute atomic E-state index is 0.206. The molecule has 3 aromatic rings. The molecule has 7 heteroatoms. The summed E-state index contributed by atoms with van der Waals surface area (Å²) in [6.45, 7) is 2.41. The quantitative estimate of drug-likeness (QED) is 0.769. The van der Waals surface area contributed by atoms with Crippen molar-refractivity contribution in [3.63, 3.8) is 0 Å². The molecule has 0 atom stereocenters. The average Bonchev–Trinajstić information content (AvgIpc) is 3.27. The number of halogens is 1. The molecule has 138 valence electrons. The van der Waals surface area contributed by atoms with Crippen LogP contribution in [0.3, 0.4) is 0 Å². The van der Waals surface area contributed by atoms with E-state index in [0.29, 0.717) is 29.3 Å². The lowest BCUT2D eigenvalue weighted by molar-refractivity contribution is 0.0945. The highest BCUT2D eigenvalue weighted by atomic mass is 19.1. The number of nitrogens with zero attached hydrogens (tertiary/aromatic N) is 2. The van der Waals surface area contributed by atoms with E-state index in [1.165, 1.54) is 10.7 Å². The molecule has 1 amide bonds. The first-order valence-corrected chi connectivity index (χ1v) is 8.48. The number of ether oxygens (including phenoxy) is 2. The topological polar surface area (TPSA) is 65.4 Å². The fourth-order valence-corrected chi connectivity index (χ4v) is 2.99. The highest BCUT2D eigenvalue weighted by molar-refractivity contribution is 5.93. The van der Waals surface area contributed by atoms with Crippen LogP contribution in [0.4, 0.5) is 4.39 Å². The average molecular weight is 367 g/mol. The van der Waals surface area contributed by atoms with Gasteiger partial charge in [-0.05, 0) is 42.8 Å². The third-order valence-corrected chi connectivity index (χ3v) is 4.40. The second-order valence-corrected chi connectivity index (χ2v) is 6.39. The van der Waals surface area contributed by atoms with E-state index in [0.717, 1.165) is 11.1 Å². The number of carbonyl (C=O) groups is 1. The molecule has 0 spiro atoms. The molecule has 1 N–H and O–H groups in total. The molecule has 0 saturated heterocycles. The smallest absolute Gasteiger partial charge is 0.272 e. The van der Waals surface area contributed by atoms with Gasteiger partial charge in [0.2, 0.25) is 6.79 Å². The largest absolute Gasteiger partial charge is 0.454 e. The minimum atomic E-state index is -0.351. The van der Waals surface area contributed by atoms with E-state index in [1.54, 1.807) is 25.2 Å². The summed E-state index contributed by atoms with van der Waals surface area (Å²) in [7, 11) is 1.69. The van der Waals surface area contributed by atoms with Gasteiger partial charge in [-0.3, -0.25) is 9.48 Å². The van der Waals surface area contributed by atoms with E-state index < -0.39 is 0 Å². The van der Waals surface area contributed by atoms with Crippen LogP contribution in [0.5, 0.6) is 11.5 Å². The van der Waals surface area contributed by atoms with Gasteiger partial charge in [0.15, 0.2) is 17.2 Å². The molecule has 2 aromatic carbocycles. The van der Waals surface area contributed by atoms with Gasteiger partial charge in [-0.1, -0.05) is 17.7 Å². The standard InChI is InChI=1S/C20H18FN3O3/c1-12-3-5-15(21)14(7-12)17-9-16(23-24(17)2)20(25)22-10-13-4-6-18-19(8-13)27-11-26-18/h3-9H,10-11H2,1-2H3,(H,22,25). The molecule has 1 aliphatic rings. The lowest BCUT2D eigenvalue weighted by Crippen LogP contribution is -2.23. The van der Waals surface area contributed by atoms with Gasteiger partial charge < -0.3 is 14.8 Å². The molecule has 0 bridgehead atoms. The number of aryl methyl sites for hydroxylation is 2. The molecule has 2 heterocycles. The summed E-state index contributed by atoms with van der Waals surface area (Å²) in [5.41, 5.74) is 3.01. The molecule has 1 aliphatic heterocycles. The van der Waals surface area contributed by atoms with Crippen LogP contribution in [0.2, 0.25) is 0 Å². The van der Waals surface area contributed by atoms with Crippen LogP contribution in [-0.2, 0) is 13.6 Å². The SMILES string of the molecule is Cc1ccc(F)c(-c2cc(C(=O)NCc3ccc4c(c3)OCO4)nn2C)c1. The van der Waals surface area contributed by atoms with Crippen molar-refractivity contribution in [1.82, 2.24) is 15.1 Å². The van der Waals surface area contributed by atoms with Gasteiger partial charge in [-0.25, -0.2) is 4.39 Å². The Kier molecular flexibility index (Phi) is 4.27. The fraction of sp³-hybridized carbons (Fsp3) is 0.200. The third-order valence-electron chi connectivity index (χ3n) is 4.40. The summed E-state index contributed by atoms with van der Waals surface area (Å²) in [6, 6.07) is 11.9. The van der Waals surface area contributed by atoms with Gasteiger partial charge in [0.1, 0.15) is 5.82 Å². The summed E-state index contributed by atoms with van der Waals surface area (Å²) in [4.78, 5) is 12.5. The van der Waals surface area contributed by atoms with Gasteiger partial charge in [0, 0.05) is 19.2 Å². The number of amides is 1. The van der Waals surface area contributed by atoms with Gasteiger partial charge >= 0.3 is 0 Å². The molecular formula is C20H18FN3O3. The molecule has 6 nitrogen and oxygen atoms in total. The van der Waals surface area contributed by atoms with Crippen LogP contribution in [0, 0.1) is 12.7 Å². The Bertz CT molecular complexity index is 1030. The van der Waals surface area contributed by atoms with Crippen molar-refractivity contribution in [3.8, 4) is 22.8 Å². The molecule has 0 fully saturated rings. The number of aromatic nitrogens is 2. The summed E-state index contributed by atoms with van der Waals surface area (Å²) in [5, 5.41) is 7.04. The molecule has 0 radical (unpaired) electrons. The number of carbonyl (C=O) groups excluding carboxylic acids is 1. The van der Waals surface area contributed by atoms with E-state index in [4.69, 9.17) is 9.47 Å². The molecule has 4 rings (SSSR count). The van der Waals surface area contributed by atoms with Crippen molar-refractivity contribution >= 4 is 5.91 Å². The first-order chi connectivity index (χ1) is 13.0. The Labute approximate surface area is 155 Å². The molecule has 0 saturated carbocycles. The summed E-state index contributed by atoms with van der Waals surface area (Å²) in [6.07, 6.45) is 0. The predicted molar refractivity (Wildman–Crippen MR) is 97.1 cm³/mol. The first kappa shape index (κ1) is 17.1. The van der Waals surface area contributed by atoms with Crippen LogP contribution in [0.25, 0.3) is 11.3 Å². The van der Waals surface area contributed by atoms with Crippen LogP contribution in [0.15, 0.2) is 42.5 Å². The normalized spacial score (nSPS) is 12.3. The lowest BCUT2D eigenvalue weighted by atomic mass is 10.1. The van der Waals surface area contributed by atoms with Crippen LogP contribution in [-0.4, -0.2) is 22.5 Å². The predicted octanol–water partition coefficient (Wildman–Crippen LogP) is 3.19. The zero-order chi connectivity index (χ0) is 19.0. The Morgan fingerprint density at radius 3 is 2.85 bits per heavy atom. The van der Waals surface area contributed by atoms with E-state index in [2.05, 4.69) is 10.4 Å². The zero-order valence-electron chi connectivity index (χ0n) is 15.0. The van der Waals surface area contributed by atoms with Crippen LogP contribution >= 0.6 is 0 Å². The van der Waals surface area contributed by atoms with E-state index in [-0.39, 0.29) is 24.2 Å². The second kappa shape index (κ2) is 6.75. The van der Waals surface area contributed by atoms with Crippen molar-refractivity contribution < 1.29 is 18.7 Å². The maximum absolute atomic E-state index is 14.2. The molecular weight excluding hydrogens is 349 g/mol. The highest BCUT2D eigenvalue weighted by Crippen LogP contribution is 2.32. The van der Waals surface area contributed by atoms with E-state index >= 15 is 0 Å². The maximum Gasteiger partial charge on any atom is 0.272 e. The van der Waals surface area contributed by atoms with Crippen LogP contribution < -0.4 is 14.8 Å². The van der Waals surface area contributed by atoms with Gasteiger partial charge in [-0.2, -0.15) is 5.10 Å². The number of fused-ring (bicyclic) bond motifs is 1. The third kappa shape index (κ3) is 3.36. The van der Waals surface area contributed by atoms with Gasteiger partial charge in [0.25, 0.3) is 5.91 Å². The lowest BCUT2D eigenvalue weighted by Gasteiger charge is -2.04. The molecule has 27 heavy (non-hydrogen) atoms. The number of benzene rings is 2. The second-order valence-electron chi connectivity index (χ2n) is 6.39. The van der Waals surface area contributed by atoms with Crippen LogP contribution in [0.1, 0.15) is 21.6 Å². The Morgan fingerprint density at radius 2 is 2.00 bits per heavy atom. The Morgan fingerprint density at radius 1 is 1.19 bits per heavy atom. The van der Waals surface area contributed by atoms with Gasteiger partial charge in [0.05, 0.1) is 5.69 Å². The van der Waals surface area contributed by atoms with E-state index in [1.807, 2.05) is 25.1 Å². The van der Waals surface area contributed by atoms with Crippen molar-refractivity contribution in [1.29, 1.82) is 0 Å². The summed E-state index contributed by atoms with van der Waals surface area (Å²) in [5.74, 6) is 0.676. The van der Waals surface area contributed by atoms with Crippen molar-refractivity contribution in [2.75, 3.05) is 6.79 Å². The number of hydrogen-bond acceptors (Lipinski definition) is 4. The Balaban J connectivity index is 1.50. The van der Waals surface area contributed by atoms with Crippen molar-refractivity contribution in [3.05, 3.63) is 65.1 Å². The first-order valence-electron chi connectivity index (χ1n) is 8.48. The molecule has 0 unspecified atom stereocenters. The zero-order valence-corrected chi connectivity index (χ0v) is 15.0. The summed E-state index contributed by atoms with van der Waals surface area (Å²) >= 11 is 0. The Hall–Kier alpha value is -3.35.